The number of methoxy groups -OCH3 is 1. The van der Waals surface area contributed by atoms with Crippen LogP contribution in [-0.2, 0) is 0 Å². The van der Waals surface area contributed by atoms with E-state index in [1.165, 1.54) is 0 Å². The van der Waals surface area contributed by atoms with Gasteiger partial charge in [0.15, 0.2) is 5.65 Å². The number of nitrogens with zero attached hydrogens (tertiary/aromatic N) is 2. The number of nitrogens with one attached hydrogen (secondary N) is 2. The summed E-state index contributed by atoms with van der Waals surface area (Å²) in [5.74, 6) is 4.45. The number of nitrogen functional groups attached to an aromatic ring is 1. The largest absolute Gasteiger partial charge is 0.495 e. The van der Waals surface area contributed by atoms with Crippen molar-refractivity contribution in [2.24, 2.45) is 0 Å². The van der Waals surface area contributed by atoms with Gasteiger partial charge in [0.2, 0.25) is 0 Å². The van der Waals surface area contributed by atoms with Gasteiger partial charge >= 0.3 is 0 Å². The zero-order chi connectivity index (χ0) is 15.7. The molecule has 0 fully saturated rings. The molecule has 0 unspecified atom stereocenters. The number of terminal acetylenes is 1. The second-order valence-corrected chi connectivity index (χ2v) is 4.81. The number of H-pyrrole nitrogens is 1. The van der Waals surface area contributed by atoms with E-state index in [1.54, 1.807) is 7.11 Å². The molecule has 2 aromatic heterocycles. The molecule has 1 aromatic carbocycles. The summed E-state index contributed by atoms with van der Waals surface area (Å²) < 4.78 is 5.28. The third kappa shape index (κ3) is 2.19. The Kier molecular flexibility index (Phi) is 3.31. The van der Waals surface area contributed by atoms with E-state index in [1.807, 2.05) is 31.2 Å². The molecule has 0 bridgehead atoms. The van der Waals surface area contributed by atoms with Crippen LogP contribution in [0.3, 0.4) is 0 Å². The van der Waals surface area contributed by atoms with Crippen molar-refractivity contribution in [2.45, 2.75) is 6.92 Å². The predicted molar refractivity (Wildman–Crippen MR) is 87.2 cm³/mol. The summed E-state index contributed by atoms with van der Waals surface area (Å²) in [6, 6.07) is 7.49. The molecule has 22 heavy (non-hydrogen) atoms. The third-order valence-corrected chi connectivity index (χ3v) is 3.41. The average molecular weight is 293 g/mol. The molecule has 4 N–H and O–H groups in total. The van der Waals surface area contributed by atoms with Crippen LogP contribution in [0.2, 0.25) is 0 Å². The maximum Gasteiger partial charge on any atom is 0.185 e. The van der Waals surface area contributed by atoms with Gasteiger partial charge in [0.25, 0.3) is 0 Å². The summed E-state index contributed by atoms with van der Waals surface area (Å²) in [6.45, 7) is 1.94. The summed E-state index contributed by atoms with van der Waals surface area (Å²) in [5, 5.41) is 10.8. The second kappa shape index (κ2) is 5.30. The molecular weight excluding hydrogens is 278 g/mol. The number of pyridine rings is 1. The molecule has 0 saturated carbocycles. The first-order chi connectivity index (χ1) is 10.6. The molecule has 0 atom stereocenters. The van der Waals surface area contributed by atoms with Crippen LogP contribution in [0.4, 0.5) is 17.3 Å². The van der Waals surface area contributed by atoms with Crippen molar-refractivity contribution >= 4 is 28.4 Å². The monoisotopic (exact) mass is 293 g/mol. The van der Waals surface area contributed by atoms with Crippen molar-refractivity contribution in [1.82, 2.24) is 15.2 Å². The minimum absolute atomic E-state index is 0.503. The van der Waals surface area contributed by atoms with Crippen LogP contribution >= 0.6 is 0 Å². The number of hydrogen-bond acceptors (Lipinski definition) is 5. The van der Waals surface area contributed by atoms with Crippen molar-refractivity contribution in [3.63, 3.8) is 0 Å². The quantitative estimate of drug-likeness (QED) is 0.646. The maximum absolute atomic E-state index is 5.81. The van der Waals surface area contributed by atoms with E-state index in [2.05, 4.69) is 26.4 Å². The Morgan fingerprint density at radius 2 is 2.23 bits per heavy atom. The Bertz CT molecular complexity index is 891. The van der Waals surface area contributed by atoms with Gasteiger partial charge in [0.1, 0.15) is 17.4 Å². The molecule has 0 aliphatic carbocycles. The van der Waals surface area contributed by atoms with Crippen molar-refractivity contribution in [3.8, 4) is 18.1 Å². The van der Waals surface area contributed by atoms with Gasteiger partial charge in [0, 0.05) is 0 Å². The van der Waals surface area contributed by atoms with Crippen LogP contribution in [0, 0.1) is 19.3 Å². The number of ether oxygens (including phenoxy) is 1. The van der Waals surface area contributed by atoms with E-state index in [-0.39, 0.29) is 0 Å². The Morgan fingerprint density at radius 3 is 2.95 bits per heavy atom. The number of benzene rings is 1. The fraction of sp³-hybridized carbons (Fsp3) is 0.125. The Balaban J connectivity index is 2.07. The highest BCUT2D eigenvalue weighted by molar-refractivity contribution is 5.88. The third-order valence-electron chi connectivity index (χ3n) is 3.41. The van der Waals surface area contributed by atoms with Crippen LogP contribution in [0.25, 0.3) is 11.0 Å². The van der Waals surface area contributed by atoms with Crippen molar-refractivity contribution in [3.05, 3.63) is 35.4 Å². The molecule has 0 aliphatic rings. The number of hydrogen-bond donors (Lipinski definition) is 3. The first-order valence-electron chi connectivity index (χ1n) is 6.66. The first kappa shape index (κ1) is 13.8. The highest BCUT2D eigenvalue weighted by atomic mass is 16.5. The van der Waals surface area contributed by atoms with Crippen LogP contribution in [0.5, 0.6) is 5.75 Å². The van der Waals surface area contributed by atoms with Gasteiger partial charge in [-0.25, -0.2) is 4.98 Å². The molecule has 0 radical (unpaired) electrons. The van der Waals surface area contributed by atoms with Gasteiger partial charge in [-0.3, -0.25) is 5.10 Å². The predicted octanol–water partition coefficient (Wildman–Crippen LogP) is 2.58. The summed E-state index contributed by atoms with van der Waals surface area (Å²) in [5.41, 5.74) is 8.69. The molecule has 110 valence electrons. The molecule has 2 heterocycles. The summed E-state index contributed by atoms with van der Waals surface area (Å²) in [7, 11) is 1.59. The lowest BCUT2D eigenvalue weighted by atomic mass is 10.1. The van der Waals surface area contributed by atoms with Gasteiger partial charge in [-0.2, -0.15) is 5.10 Å². The van der Waals surface area contributed by atoms with Gasteiger partial charge < -0.3 is 15.8 Å². The van der Waals surface area contributed by atoms with E-state index in [0.717, 1.165) is 16.6 Å². The number of aromatic amines is 1. The Morgan fingerprint density at radius 1 is 1.41 bits per heavy atom. The number of rotatable bonds is 3. The van der Waals surface area contributed by atoms with Crippen LogP contribution in [0.1, 0.15) is 11.1 Å². The molecular formula is C16H15N5O. The second-order valence-electron chi connectivity index (χ2n) is 4.81. The van der Waals surface area contributed by atoms with E-state index >= 15 is 0 Å². The van der Waals surface area contributed by atoms with Gasteiger partial charge in [-0.05, 0) is 30.7 Å². The van der Waals surface area contributed by atoms with Crippen LogP contribution in [0.15, 0.2) is 24.3 Å². The minimum Gasteiger partial charge on any atom is -0.495 e. The summed E-state index contributed by atoms with van der Waals surface area (Å²) >= 11 is 0. The summed E-state index contributed by atoms with van der Waals surface area (Å²) in [6.07, 6.45) is 5.59. The van der Waals surface area contributed by atoms with Crippen LogP contribution in [-0.4, -0.2) is 22.3 Å². The molecule has 0 saturated heterocycles. The first-order valence-corrected chi connectivity index (χ1v) is 6.66. The van der Waals surface area contributed by atoms with Gasteiger partial charge in [0.05, 0.1) is 23.7 Å². The number of aryl methyl sites for hydroxylation is 1. The Hall–Kier alpha value is -3.20. The van der Waals surface area contributed by atoms with Crippen LogP contribution < -0.4 is 15.8 Å². The lowest BCUT2D eigenvalue weighted by molar-refractivity contribution is 0.414. The molecule has 3 aromatic rings. The number of aromatic nitrogens is 3. The number of nitrogens with two attached hydrogens (primary N) is 1. The SMILES string of the molecule is C#Cc1c(Nc2nc3n[nH]c(N)c3cc2C)cccc1OC. The van der Waals surface area contributed by atoms with Gasteiger partial charge in [-0.15, -0.1) is 6.42 Å². The fourth-order valence-electron chi connectivity index (χ4n) is 2.27. The van der Waals surface area contributed by atoms with E-state index in [4.69, 9.17) is 16.9 Å². The van der Waals surface area contributed by atoms with Crippen molar-refractivity contribution in [1.29, 1.82) is 0 Å². The highest BCUT2D eigenvalue weighted by Gasteiger charge is 2.12. The lowest BCUT2D eigenvalue weighted by Gasteiger charge is -2.12. The molecule has 0 amide bonds. The van der Waals surface area contributed by atoms with Gasteiger partial charge in [-0.1, -0.05) is 12.0 Å². The normalized spacial score (nSPS) is 10.4. The zero-order valence-electron chi connectivity index (χ0n) is 12.3. The molecule has 6 heteroatoms. The van der Waals surface area contributed by atoms with E-state index in [0.29, 0.717) is 28.6 Å². The van der Waals surface area contributed by atoms with E-state index in [9.17, 15) is 0 Å². The summed E-state index contributed by atoms with van der Waals surface area (Å²) in [4.78, 5) is 4.48. The highest BCUT2D eigenvalue weighted by Crippen LogP contribution is 2.30. The minimum atomic E-state index is 0.503. The van der Waals surface area contributed by atoms with Crippen molar-refractivity contribution < 1.29 is 4.74 Å². The average Bonchev–Trinajstić information content (AvgIpc) is 2.88. The van der Waals surface area contributed by atoms with Crippen molar-refractivity contribution in [2.75, 3.05) is 18.2 Å². The topological polar surface area (TPSA) is 88.9 Å². The Labute approximate surface area is 127 Å². The number of fused-ring (bicyclic) bond motifs is 1. The van der Waals surface area contributed by atoms with E-state index < -0.39 is 0 Å². The lowest BCUT2D eigenvalue weighted by Crippen LogP contribution is -2.00. The molecule has 0 aliphatic heterocycles. The molecule has 0 spiro atoms. The number of anilines is 3. The molecule has 6 nitrogen and oxygen atoms in total. The zero-order valence-corrected chi connectivity index (χ0v) is 12.3. The smallest absolute Gasteiger partial charge is 0.185 e. The molecule has 3 rings (SSSR count). The fourth-order valence-corrected chi connectivity index (χ4v) is 2.27. The standard InChI is InChI=1S/C16H15N5O/c1-4-10-12(6-5-7-13(10)22-3)18-15-9(2)8-11-14(17)20-21-16(11)19-15/h1,5-8H,2-3H3,(H4,17,18,19,20,21). The maximum atomic E-state index is 5.81.